The first-order chi connectivity index (χ1) is 14.2. The molecule has 29 heavy (non-hydrogen) atoms. The van der Waals surface area contributed by atoms with E-state index in [-0.39, 0.29) is 5.56 Å². The standard InChI is InChI=1S/C22H21N5O2/c1-29-16-4-5-19-17(9-16)15(11-24-19)12-27-8-6-20-18(13-27)22(28)26-21(25-20)14-3-2-7-23-10-14/h2-5,7,9-11,24H,6,8,12-13H2,1H3,(H,25,26,28). The minimum Gasteiger partial charge on any atom is -0.497 e. The van der Waals surface area contributed by atoms with Crippen molar-refractivity contribution in [1.29, 1.82) is 0 Å². The van der Waals surface area contributed by atoms with Crippen molar-refractivity contribution in [2.45, 2.75) is 19.5 Å². The SMILES string of the molecule is COc1ccc2[nH]cc(CN3CCc4nc(-c5cccnc5)[nH]c(=O)c4C3)c2c1. The summed E-state index contributed by atoms with van der Waals surface area (Å²) in [4.78, 5) is 30.1. The van der Waals surface area contributed by atoms with Crippen LogP contribution < -0.4 is 10.3 Å². The number of H-pyrrole nitrogens is 2. The van der Waals surface area contributed by atoms with Gasteiger partial charge in [0.25, 0.3) is 5.56 Å². The molecule has 2 N–H and O–H groups in total. The van der Waals surface area contributed by atoms with E-state index >= 15 is 0 Å². The Kier molecular flexibility index (Phi) is 4.37. The maximum atomic E-state index is 12.7. The van der Waals surface area contributed by atoms with Crippen LogP contribution in [-0.4, -0.2) is 38.5 Å². The number of hydrogen-bond acceptors (Lipinski definition) is 5. The smallest absolute Gasteiger partial charge is 0.255 e. The van der Waals surface area contributed by atoms with Crippen molar-refractivity contribution in [3.8, 4) is 17.1 Å². The quantitative estimate of drug-likeness (QED) is 0.562. The Morgan fingerprint density at radius 3 is 3.03 bits per heavy atom. The van der Waals surface area contributed by atoms with Crippen molar-refractivity contribution >= 4 is 10.9 Å². The Labute approximate surface area is 167 Å². The van der Waals surface area contributed by atoms with Crippen molar-refractivity contribution < 1.29 is 4.74 Å². The van der Waals surface area contributed by atoms with Crippen LogP contribution in [0.15, 0.2) is 53.7 Å². The molecule has 3 aromatic heterocycles. The van der Waals surface area contributed by atoms with Gasteiger partial charge in [-0.05, 0) is 35.9 Å². The number of benzene rings is 1. The zero-order valence-electron chi connectivity index (χ0n) is 16.1. The highest BCUT2D eigenvalue weighted by molar-refractivity contribution is 5.84. The third-order valence-corrected chi connectivity index (χ3v) is 5.45. The lowest BCUT2D eigenvalue weighted by Gasteiger charge is -2.27. The summed E-state index contributed by atoms with van der Waals surface area (Å²) in [5.41, 5.74) is 4.66. The fraction of sp³-hybridized carbons (Fsp3) is 0.227. The maximum absolute atomic E-state index is 12.7. The molecule has 4 aromatic rings. The van der Waals surface area contributed by atoms with Crippen LogP contribution in [0.3, 0.4) is 0 Å². The molecule has 1 aromatic carbocycles. The highest BCUT2D eigenvalue weighted by atomic mass is 16.5. The van der Waals surface area contributed by atoms with E-state index in [1.165, 1.54) is 5.56 Å². The van der Waals surface area contributed by atoms with Gasteiger partial charge < -0.3 is 14.7 Å². The monoisotopic (exact) mass is 387 g/mol. The van der Waals surface area contributed by atoms with Crippen molar-refractivity contribution in [3.63, 3.8) is 0 Å². The normalized spacial score (nSPS) is 14.1. The van der Waals surface area contributed by atoms with E-state index in [4.69, 9.17) is 9.72 Å². The van der Waals surface area contributed by atoms with E-state index in [0.717, 1.165) is 53.0 Å². The fourth-order valence-electron chi connectivity index (χ4n) is 3.91. The van der Waals surface area contributed by atoms with Gasteiger partial charge in [-0.3, -0.25) is 14.7 Å². The Balaban J connectivity index is 1.41. The van der Waals surface area contributed by atoms with E-state index in [0.29, 0.717) is 12.4 Å². The van der Waals surface area contributed by atoms with E-state index in [1.54, 1.807) is 19.5 Å². The van der Waals surface area contributed by atoms with Crippen LogP contribution in [0.4, 0.5) is 0 Å². The lowest BCUT2D eigenvalue weighted by atomic mass is 10.1. The molecule has 0 spiro atoms. The molecule has 0 saturated carbocycles. The molecule has 0 unspecified atom stereocenters. The number of nitrogens with zero attached hydrogens (tertiary/aromatic N) is 3. The number of hydrogen-bond donors (Lipinski definition) is 2. The molecule has 1 aliphatic rings. The third-order valence-electron chi connectivity index (χ3n) is 5.45. The summed E-state index contributed by atoms with van der Waals surface area (Å²) in [7, 11) is 1.67. The molecule has 0 radical (unpaired) electrons. The molecule has 0 fully saturated rings. The summed E-state index contributed by atoms with van der Waals surface area (Å²) in [6.45, 7) is 2.20. The highest BCUT2D eigenvalue weighted by Gasteiger charge is 2.22. The average Bonchev–Trinajstić information content (AvgIpc) is 3.16. The highest BCUT2D eigenvalue weighted by Crippen LogP contribution is 2.26. The number of pyridine rings is 1. The number of aromatic amines is 2. The predicted octanol–water partition coefficient (Wildman–Crippen LogP) is 2.88. The lowest BCUT2D eigenvalue weighted by molar-refractivity contribution is 0.242. The lowest BCUT2D eigenvalue weighted by Crippen LogP contribution is -2.35. The largest absolute Gasteiger partial charge is 0.497 e. The zero-order chi connectivity index (χ0) is 19.8. The number of nitrogens with one attached hydrogen (secondary N) is 2. The van der Waals surface area contributed by atoms with Gasteiger partial charge >= 0.3 is 0 Å². The van der Waals surface area contributed by atoms with E-state index in [2.05, 4.69) is 19.9 Å². The molecule has 146 valence electrons. The molecule has 0 bridgehead atoms. The first kappa shape index (κ1) is 17.6. The zero-order valence-corrected chi connectivity index (χ0v) is 16.1. The second-order valence-electron chi connectivity index (χ2n) is 7.27. The number of methoxy groups -OCH3 is 1. The topological polar surface area (TPSA) is 86.9 Å². The van der Waals surface area contributed by atoms with Crippen molar-refractivity contribution in [1.82, 2.24) is 24.8 Å². The summed E-state index contributed by atoms with van der Waals surface area (Å²) >= 11 is 0. The Morgan fingerprint density at radius 2 is 2.21 bits per heavy atom. The minimum absolute atomic E-state index is 0.0702. The fourth-order valence-corrected chi connectivity index (χ4v) is 3.91. The molecule has 0 saturated heterocycles. The van der Waals surface area contributed by atoms with Gasteiger partial charge in [-0.1, -0.05) is 0 Å². The number of aromatic nitrogens is 4. The predicted molar refractivity (Wildman–Crippen MR) is 111 cm³/mol. The van der Waals surface area contributed by atoms with Gasteiger partial charge in [-0.2, -0.15) is 0 Å². The van der Waals surface area contributed by atoms with Gasteiger partial charge in [0.05, 0.1) is 18.4 Å². The summed E-state index contributed by atoms with van der Waals surface area (Å²) in [5, 5.41) is 1.15. The van der Waals surface area contributed by atoms with E-state index in [9.17, 15) is 4.79 Å². The number of rotatable bonds is 4. The second kappa shape index (κ2) is 7.18. The van der Waals surface area contributed by atoms with Crippen LogP contribution in [-0.2, 0) is 19.5 Å². The number of ether oxygens (including phenoxy) is 1. The van der Waals surface area contributed by atoms with E-state index in [1.807, 2.05) is 36.5 Å². The van der Waals surface area contributed by atoms with E-state index < -0.39 is 0 Å². The Bertz CT molecular complexity index is 1230. The van der Waals surface area contributed by atoms with Crippen LogP contribution in [0, 0.1) is 0 Å². The van der Waals surface area contributed by atoms with Gasteiger partial charge in [0.15, 0.2) is 0 Å². The molecule has 4 heterocycles. The van der Waals surface area contributed by atoms with Gasteiger partial charge in [-0.15, -0.1) is 0 Å². The van der Waals surface area contributed by atoms with Crippen molar-refractivity contribution in [3.05, 3.63) is 76.1 Å². The molecule has 7 heteroatoms. The van der Waals surface area contributed by atoms with Gasteiger partial charge in [0.2, 0.25) is 0 Å². The average molecular weight is 387 g/mol. The van der Waals surface area contributed by atoms with Crippen LogP contribution in [0.1, 0.15) is 16.8 Å². The van der Waals surface area contributed by atoms with Crippen LogP contribution in [0.2, 0.25) is 0 Å². The minimum atomic E-state index is -0.0702. The van der Waals surface area contributed by atoms with Gasteiger partial charge in [-0.25, -0.2) is 4.98 Å². The van der Waals surface area contributed by atoms with Crippen molar-refractivity contribution in [2.24, 2.45) is 0 Å². The Hall–Kier alpha value is -3.45. The van der Waals surface area contributed by atoms with Gasteiger partial charge in [0.1, 0.15) is 11.6 Å². The molecular weight excluding hydrogens is 366 g/mol. The molecule has 0 aliphatic carbocycles. The van der Waals surface area contributed by atoms with Crippen LogP contribution >= 0.6 is 0 Å². The first-order valence-electron chi connectivity index (χ1n) is 9.60. The summed E-state index contributed by atoms with van der Waals surface area (Å²) in [5.74, 6) is 1.42. The molecule has 1 aliphatic heterocycles. The third kappa shape index (κ3) is 3.30. The Morgan fingerprint density at radius 1 is 1.28 bits per heavy atom. The van der Waals surface area contributed by atoms with Crippen molar-refractivity contribution in [2.75, 3.05) is 13.7 Å². The second-order valence-corrected chi connectivity index (χ2v) is 7.27. The van der Waals surface area contributed by atoms with Crippen LogP contribution in [0.5, 0.6) is 5.75 Å². The molecular formula is C22H21N5O2. The van der Waals surface area contributed by atoms with Gasteiger partial charge in [0, 0.05) is 61.1 Å². The molecule has 5 rings (SSSR count). The first-order valence-corrected chi connectivity index (χ1v) is 9.60. The van der Waals surface area contributed by atoms with Crippen LogP contribution in [0.25, 0.3) is 22.3 Å². The summed E-state index contributed by atoms with van der Waals surface area (Å²) in [6, 6.07) is 9.76. The summed E-state index contributed by atoms with van der Waals surface area (Å²) in [6.07, 6.45) is 6.20. The number of fused-ring (bicyclic) bond motifs is 2. The summed E-state index contributed by atoms with van der Waals surface area (Å²) < 4.78 is 5.36. The molecule has 0 amide bonds. The maximum Gasteiger partial charge on any atom is 0.255 e. The molecule has 0 atom stereocenters. The molecule has 7 nitrogen and oxygen atoms in total.